The lowest BCUT2D eigenvalue weighted by molar-refractivity contribution is 0.415. The van der Waals surface area contributed by atoms with E-state index in [0.717, 1.165) is 60.6 Å². The second-order valence-electron chi connectivity index (χ2n) is 12.2. The molecule has 3 aromatic heterocycles. The lowest BCUT2D eigenvalue weighted by Crippen LogP contribution is -2.38. The number of nitrogens with zero attached hydrogens (tertiary/aromatic N) is 4. The second-order valence-corrected chi connectivity index (χ2v) is 15.5. The van der Waals surface area contributed by atoms with Gasteiger partial charge in [-0.15, -0.1) is 11.3 Å². The standard InChI is InChI=1S/C42H32N4O3S2/c1-49-34-21-18-29(19-22-34)40-36(30-20-23-37-35(26-30)41(44-28-43-37)38-24-25-39(50-38)51(2,47)48)27-46(45-40)42(31-12-6-3-7-13-31,32-14-8-4-9-15-32)33-16-10-5-11-17-33/h3-28H,1-2H3. The average molecular weight is 705 g/mol. The van der Waals surface area contributed by atoms with Gasteiger partial charge < -0.3 is 4.74 Å². The molecular weight excluding hydrogens is 673 g/mol. The van der Waals surface area contributed by atoms with Crippen LogP contribution in [0.15, 0.2) is 162 Å². The van der Waals surface area contributed by atoms with E-state index in [1.54, 1.807) is 13.2 Å². The van der Waals surface area contributed by atoms with Crippen molar-refractivity contribution in [3.63, 3.8) is 0 Å². The molecule has 0 saturated carbocycles. The van der Waals surface area contributed by atoms with E-state index in [2.05, 4.69) is 106 Å². The number of benzene rings is 5. The van der Waals surface area contributed by atoms with Gasteiger partial charge in [0.25, 0.3) is 0 Å². The molecule has 250 valence electrons. The summed E-state index contributed by atoms with van der Waals surface area (Å²) >= 11 is 1.21. The molecule has 3 heterocycles. The first-order valence-corrected chi connectivity index (χ1v) is 19.0. The highest BCUT2D eigenvalue weighted by Crippen LogP contribution is 2.44. The minimum Gasteiger partial charge on any atom is -0.497 e. The van der Waals surface area contributed by atoms with Gasteiger partial charge in [-0.25, -0.2) is 18.4 Å². The zero-order valence-corrected chi connectivity index (χ0v) is 29.5. The number of thiophene rings is 1. The summed E-state index contributed by atoms with van der Waals surface area (Å²) in [6.07, 6.45) is 4.87. The quantitative estimate of drug-likeness (QED) is 0.139. The Balaban J connectivity index is 1.42. The van der Waals surface area contributed by atoms with Crippen LogP contribution in [0.4, 0.5) is 0 Å². The number of sulfone groups is 1. The first kappa shape index (κ1) is 32.3. The summed E-state index contributed by atoms with van der Waals surface area (Å²) in [6.45, 7) is 0. The van der Waals surface area contributed by atoms with Crippen LogP contribution < -0.4 is 4.74 Å². The second kappa shape index (κ2) is 13.1. The minimum absolute atomic E-state index is 0.294. The third kappa shape index (κ3) is 5.80. The van der Waals surface area contributed by atoms with E-state index in [-0.39, 0.29) is 0 Å². The molecule has 0 atom stereocenters. The Morgan fingerprint density at radius 2 is 1.25 bits per heavy atom. The van der Waals surface area contributed by atoms with E-state index in [1.807, 2.05) is 54.6 Å². The Labute approximate surface area is 300 Å². The zero-order chi connectivity index (χ0) is 35.0. The summed E-state index contributed by atoms with van der Waals surface area (Å²) in [4.78, 5) is 9.95. The fourth-order valence-corrected chi connectivity index (χ4v) is 8.66. The van der Waals surface area contributed by atoms with Gasteiger partial charge in [-0.05, 0) is 70.8 Å². The normalized spacial score (nSPS) is 11.9. The third-order valence-electron chi connectivity index (χ3n) is 9.12. The Morgan fingerprint density at radius 1 is 0.667 bits per heavy atom. The zero-order valence-electron chi connectivity index (χ0n) is 27.8. The van der Waals surface area contributed by atoms with Gasteiger partial charge in [0.15, 0.2) is 9.84 Å². The molecule has 0 N–H and O–H groups in total. The fraction of sp³-hybridized carbons (Fsp3) is 0.0714. The Kier molecular flexibility index (Phi) is 8.30. The van der Waals surface area contributed by atoms with Crippen LogP contribution in [0.5, 0.6) is 5.75 Å². The lowest BCUT2D eigenvalue weighted by atomic mass is 9.77. The summed E-state index contributed by atoms with van der Waals surface area (Å²) in [5.74, 6) is 0.754. The maximum absolute atomic E-state index is 12.3. The van der Waals surface area contributed by atoms with E-state index in [4.69, 9.17) is 9.84 Å². The molecule has 0 bridgehead atoms. The summed E-state index contributed by atoms with van der Waals surface area (Å²) in [5.41, 5.74) is 7.32. The molecule has 0 aliphatic heterocycles. The monoisotopic (exact) mass is 704 g/mol. The summed E-state index contributed by atoms with van der Waals surface area (Å²) < 4.78 is 32.6. The molecule has 5 aromatic carbocycles. The number of fused-ring (bicyclic) bond motifs is 1. The van der Waals surface area contributed by atoms with Crippen LogP contribution in [0, 0.1) is 0 Å². The molecule has 9 heteroatoms. The van der Waals surface area contributed by atoms with Gasteiger partial charge in [-0.3, -0.25) is 4.68 Å². The molecule has 0 fully saturated rings. The molecular formula is C42H32N4O3S2. The Bertz CT molecular complexity index is 2490. The molecule has 0 aliphatic rings. The number of aromatic nitrogens is 4. The molecule has 0 saturated heterocycles. The molecule has 0 radical (unpaired) electrons. The summed E-state index contributed by atoms with van der Waals surface area (Å²) in [6, 6.07) is 48.9. The molecule has 8 rings (SSSR count). The third-order valence-corrected chi connectivity index (χ3v) is 12.0. The van der Waals surface area contributed by atoms with Crippen LogP contribution in [0.1, 0.15) is 16.7 Å². The number of methoxy groups -OCH3 is 1. The predicted molar refractivity (Wildman–Crippen MR) is 204 cm³/mol. The van der Waals surface area contributed by atoms with Crippen LogP contribution in [-0.2, 0) is 15.4 Å². The van der Waals surface area contributed by atoms with Gasteiger partial charge >= 0.3 is 0 Å². The van der Waals surface area contributed by atoms with Gasteiger partial charge in [0, 0.05) is 29.0 Å². The van der Waals surface area contributed by atoms with Gasteiger partial charge in [0.05, 0.1) is 23.2 Å². The van der Waals surface area contributed by atoms with Crippen molar-refractivity contribution in [1.29, 1.82) is 0 Å². The summed E-state index contributed by atoms with van der Waals surface area (Å²) in [5, 5.41) is 6.30. The van der Waals surface area contributed by atoms with Crippen molar-refractivity contribution < 1.29 is 13.2 Å². The Hall–Kier alpha value is -5.90. The van der Waals surface area contributed by atoms with Crippen LogP contribution in [0.2, 0.25) is 0 Å². The predicted octanol–water partition coefficient (Wildman–Crippen LogP) is 9.14. The van der Waals surface area contributed by atoms with Crippen molar-refractivity contribution in [2.24, 2.45) is 0 Å². The van der Waals surface area contributed by atoms with Crippen LogP contribution in [0.3, 0.4) is 0 Å². The maximum atomic E-state index is 12.3. The van der Waals surface area contributed by atoms with Gasteiger partial charge in [-0.1, -0.05) is 97.1 Å². The SMILES string of the molecule is COc1ccc(-c2nn(C(c3ccccc3)(c3ccccc3)c3ccccc3)cc2-c2ccc3ncnc(-c4ccc(S(C)(=O)=O)s4)c3c2)cc1. The minimum atomic E-state index is -3.36. The van der Waals surface area contributed by atoms with E-state index in [9.17, 15) is 8.42 Å². The highest BCUT2D eigenvalue weighted by atomic mass is 32.2. The van der Waals surface area contributed by atoms with Crippen molar-refractivity contribution >= 4 is 32.1 Å². The largest absolute Gasteiger partial charge is 0.497 e. The van der Waals surface area contributed by atoms with E-state index >= 15 is 0 Å². The molecule has 51 heavy (non-hydrogen) atoms. The van der Waals surface area contributed by atoms with Gasteiger partial charge in [0.1, 0.15) is 27.5 Å². The number of hydrogen-bond acceptors (Lipinski definition) is 7. The molecule has 7 nitrogen and oxygen atoms in total. The van der Waals surface area contributed by atoms with Gasteiger partial charge in [-0.2, -0.15) is 5.10 Å². The van der Waals surface area contributed by atoms with E-state index in [0.29, 0.717) is 9.90 Å². The lowest BCUT2D eigenvalue weighted by Gasteiger charge is -2.36. The fourth-order valence-electron chi connectivity index (χ4n) is 6.72. The topological polar surface area (TPSA) is 87.0 Å². The Morgan fingerprint density at radius 3 is 1.80 bits per heavy atom. The van der Waals surface area contributed by atoms with Crippen LogP contribution >= 0.6 is 11.3 Å². The molecule has 0 amide bonds. The molecule has 0 unspecified atom stereocenters. The van der Waals surface area contributed by atoms with Gasteiger partial charge in [0.2, 0.25) is 0 Å². The van der Waals surface area contributed by atoms with Crippen molar-refractivity contribution in [3.05, 3.63) is 175 Å². The highest BCUT2D eigenvalue weighted by Gasteiger charge is 2.40. The number of rotatable bonds is 9. The van der Waals surface area contributed by atoms with Crippen molar-refractivity contribution in [2.75, 3.05) is 13.4 Å². The molecule has 8 aromatic rings. The van der Waals surface area contributed by atoms with E-state index < -0.39 is 15.4 Å². The maximum Gasteiger partial charge on any atom is 0.184 e. The smallest absolute Gasteiger partial charge is 0.184 e. The van der Waals surface area contributed by atoms with Crippen LogP contribution in [0.25, 0.3) is 43.9 Å². The first-order chi connectivity index (χ1) is 24.9. The van der Waals surface area contributed by atoms with Crippen molar-refractivity contribution in [3.8, 4) is 38.7 Å². The highest BCUT2D eigenvalue weighted by molar-refractivity contribution is 7.92. The number of ether oxygens (including phenoxy) is 1. The van der Waals surface area contributed by atoms with Crippen molar-refractivity contribution in [2.45, 2.75) is 9.75 Å². The molecule has 0 spiro atoms. The van der Waals surface area contributed by atoms with E-state index in [1.165, 1.54) is 23.9 Å². The first-order valence-electron chi connectivity index (χ1n) is 16.3. The average Bonchev–Trinajstić information content (AvgIpc) is 3.86. The van der Waals surface area contributed by atoms with Crippen LogP contribution in [-0.4, -0.2) is 41.5 Å². The number of hydrogen-bond donors (Lipinski definition) is 0. The molecule has 0 aliphatic carbocycles. The summed E-state index contributed by atoms with van der Waals surface area (Å²) in [7, 11) is -1.70. The van der Waals surface area contributed by atoms with Crippen molar-refractivity contribution in [1.82, 2.24) is 19.7 Å².